The van der Waals surface area contributed by atoms with Gasteiger partial charge in [-0.1, -0.05) is 20.8 Å². The van der Waals surface area contributed by atoms with E-state index in [9.17, 15) is 0 Å². The summed E-state index contributed by atoms with van der Waals surface area (Å²) in [5, 5.41) is 6.79. The molecule has 0 aliphatic carbocycles. The Morgan fingerprint density at radius 2 is 1.55 bits per heavy atom. The Hall–Kier alpha value is -0.0800. The molecule has 68 valence electrons. The fourth-order valence-corrected chi connectivity index (χ4v) is 0.824. The summed E-state index contributed by atoms with van der Waals surface area (Å²) in [6.45, 7) is 10.9. The predicted molar refractivity (Wildman–Crippen MR) is 50.9 cm³/mol. The molecule has 2 heteroatoms. The normalized spacial score (nSPS) is 13.9. The maximum Gasteiger partial charge on any atom is 0.00793 e. The molecule has 0 rings (SSSR count). The quantitative estimate of drug-likeness (QED) is 0.571. The van der Waals surface area contributed by atoms with Crippen molar-refractivity contribution < 1.29 is 0 Å². The van der Waals surface area contributed by atoms with Crippen molar-refractivity contribution in [3.63, 3.8) is 0 Å². The van der Waals surface area contributed by atoms with Gasteiger partial charge in [0.15, 0.2) is 0 Å². The van der Waals surface area contributed by atoms with Gasteiger partial charge in [0.2, 0.25) is 0 Å². The maximum absolute atomic E-state index is 3.43. The lowest BCUT2D eigenvalue weighted by atomic mass is 10.2. The van der Waals surface area contributed by atoms with E-state index in [1.165, 1.54) is 6.42 Å². The molecule has 0 aliphatic rings. The van der Waals surface area contributed by atoms with E-state index >= 15 is 0 Å². The summed E-state index contributed by atoms with van der Waals surface area (Å²) >= 11 is 0. The molecule has 0 saturated carbocycles. The van der Waals surface area contributed by atoms with Crippen molar-refractivity contribution in [3.05, 3.63) is 0 Å². The van der Waals surface area contributed by atoms with Crippen LogP contribution < -0.4 is 10.6 Å². The van der Waals surface area contributed by atoms with Gasteiger partial charge in [0, 0.05) is 25.2 Å². The highest BCUT2D eigenvalue weighted by Crippen LogP contribution is 1.85. The molecular weight excluding hydrogens is 136 g/mol. The summed E-state index contributed by atoms with van der Waals surface area (Å²) < 4.78 is 0. The van der Waals surface area contributed by atoms with Crippen LogP contribution in [0, 0.1) is 0 Å². The second-order valence-electron chi connectivity index (χ2n) is 3.37. The number of rotatable bonds is 6. The highest BCUT2D eigenvalue weighted by molar-refractivity contribution is 4.60. The number of hydrogen-bond acceptors (Lipinski definition) is 2. The molecule has 0 aromatic heterocycles. The third kappa shape index (κ3) is 7.82. The first-order valence-electron chi connectivity index (χ1n) is 4.63. The zero-order valence-electron chi connectivity index (χ0n) is 8.28. The average Bonchev–Trinajstić information content (AvgIpc) is 1.97. The largest absolute Gasteiger partial charge is 0.313 e. The summed E-state index contributed by atoms with van der Waals surface area (Å²) in [6, 6.07) is 1.26. The Bertz CT molecular complexity index is 81.6. The van der Waals surface area contributed by atoms with Crippen LogP contribution in [0.15, 0.2) is 0 Å². The smallest absolute Gasteiger partial charge is 0.00793 e. The van der Waals surface area contributed by atoms with Crippen molar-refractivity contribution in [2.24, 2.45) is 0 Å². The van der Waals surface area contributed by atoms with Crippen LogP contribution in [0.25, 0.3) is 0 Å². The minimum Gasteiger partial charge on any atom is -0.313 e. The van der Waals surface area contributed by atoms with Crippen molar-refractivity contribution in [3.8, 4) is 0 Å². The molecule has 0 aromatic rings. The van der Waals surface area contributed by atoms with Gasteiger partial charge in [-0.3, -0.25) is 0 Å². The molecule has 2 N–H and O–H groups in total. The molecule has 0 aliphatic heterocycles. The van der Waals surface area contributed by atoms with E-state index in [4.69, 9.17) is 0 Å². The van der Waals surface area contributed by atoms with Crippen LogP contribution >= 0.6 is 0 Å². The van der Waals surface area contributed by atoms with Crippen LogP contribution in [0.3, 0.4) is 0 Å². The Morgan fingerprint density at radius 1 is 1.00 bits per heavy atom. The van der Waals surface area contributed by atoms with Gasteiger partial charge in [0.05, 0.1) is 0 Å². The van der Waals surface area contributed by atoms with E-state index in [0.717, 1.165) is 13.1 Å². The summed E-state index contributed by atoms with van der Waals surface area (Å²) in [4.78, 5) is 0. The monoisotopic (exact) mass is 158 g/mol. The van der Waals surface area contributed by atoms with Crippen LogP contribution in [0.5, 0.6) is 0 Å². The fourth-order valence-electron chi connectivity index (χ4n) is 0.824. The first kappa shape index (κ1) is 10.9. The Balaban J connectivity index is 3.01. The van der Waals surface area contributed by atoms with Gasteiger partial charge in [-0.25, -0.2) is 0 Å². The molecule has 0 unspecified atom stereocenters. The molecule has 0 bridgehead atoms. The zero-order chi connectivity index (χ0) is 8.69. The molecule has 0 fully saturated rings. The lowest BCUT2D eigenvalue weighted by molar-refractivity contribution is 0.499. The molecule has 0 spiro atoms. The van der Waals surface area contributed by atoms with Gasteiger partial charge in [-0.15, -0.1) is 0 Å². The van der Waals surface area contributed by atoms with Crippen molar-refractivity contribution in [1.29, 1.82) is 0 Å². The Morgan fingerprint density at radius 3 is 2.00 bits per heavy atom. The average molecular weight is 158 g/mol. The van der Waals surface area contributed by atoms with E-state index in [2.05, 4.69) is 38.3 Å². The van der Waals surface area contributed by atoms with Gasteiger partial charge in [0.25, 0.3) is 0 Å². The Labute approximate surface area is 70.8 Å². The van der Waals surface area contributed by atoms with E-state index in [1.54, 1.807) is 0 Å². The molecule has 0 aromatic carbocycles. The first-order valence-corrected chi connectivity index (χ1v) is 4.63. The van der Waals surface area contributed by atoms with Crippen LogP contribution in [-0.2, 0) is 0 Å². The Kier molecular flexibility index (Phi) is 6.57. The van der Waals surface area contributed by atoms with Crippen molar-refractivity contribution in [2.45, 2.75) is 46.2 Å². The molecule has 2 nitrogen and oxygen atoms in total. The van der Waals surface area contributed by atoms with Gasteiger partial charge in [-0.2, -0.15) is 0 Å². The van der Waals surface area contributed by atoms with E-state index in [1.807, 2.05) is 0 Å². The predicted octanol–water partition coefficient (Wildman–Crippen LogP) is 1.37. The standard InChI is InChI=1S/C9H22N2/c1-5-9(4)11-7-6-10-8(2)3/h8-11H,5-7H2,1-4H3/t9-/m0/s1. The fraction of sp³-hybridized carbons (Fsp3) is 1.00. The molecule has 1 atom stereocenters. The first-order chi connectivity index (χ1) is 5.16. The third-order valence-electron chi connectivity index (χ3n) is 1.78. The lowest BCUT2D eigenvalue weighted by Crippen LogP contribution is -2.35. The van der Waals surface area contributed by atoms with Crippen LogP contribution in [0.4, 0.5) is 0 Å². The molecule has 0 heterocycles. The van der Waals surface area contributed by atoms with Crippen LogP contribution in [-0.4, -0.2) is 25.2 Å². The minimum atomic E-state index is 0.605. The van der Waals surface area contributed by atoms with Crippen LogP contribution in [0.1, 0.15) is 34.1 Å². The second kappa shape index (κ2) is 6.62. The van der Waals surface area contributed by atoms with E-state index in [-0.39, 0.29) is 0 Å². The van der Waals surface area contributed by atoms with E-state index in [0.29, 0.717) is 12.1 Å². The SMILES string of the molecule is CC[C@H](C)NCCNC(C)C. The lowest BCUT2D eigenvalue weighted by Gasteiger charge is -2.12. The van der Waals surface area contributed by atoms with Crippen molar-refractivity contribution in [2.75, 3.05) is 13.1 Å². The third-order valence-corrected chi connectivity index (χ3v) is 1.78. The van der Waals surface area contributed by atoms with Gasteiger partial charge < -0.3 is 10.6 Å². The summed E-state index contributed by atoms with van der Waals surface area (Å²) in [5.74, 6) is 0. The van der Waals surface area contributed by atoms with Gasteiger partial charge in [-0.05, 0) is 13.3 Å². The highest BCUT2D eigenvalue weighted by atomic mass is 15.0. The molecule has 0 saturated heterocycles. The summed E-state index contributed by atoms with van der Waals surface area (Å²) in [5.41, 5.74) is 0. The molecular formula is C9H22N2. The summed E-state index contributed by atoms with van der Waals surface area (Å²) in [7, 11) is 0. The van der Waals surface area contributed by atoms with Crippen molar-refractivity contribution in [1.82, 2.24) is 10.6 Å². The highest BCUT2D eigenvalue weighted by Gasteiger charge is 1.95. The molecule has 0 amide bonds. The van der Waals surface area contributed by atoms with Crippen LogP contribution in [0.2, 0.25) is 0 Å². The maximum atomic E-state index is 3.43. The van der Waals surface area contributed by atoms with Gasteiger partial charge >= 0.3 is 0 Å². The second-order valence-corrected chi connectivity index (χ2v) is 3.37. The molecule has 0 radical (unpaired) electrons. The topological polar surface area (TPSA) is 24.1 Å². The van der Waals surface area contributed by atoms with Gasteiger partial charge in [0.1, 0.15) is 0 Å². The number of nitrogens with one attached hydrogen (secondary N) is 2. The minimum absolute atomic E-state index is 0.605. The zero-order valence-corrected chi connectivity index (χ0v) is 8.28. The van der Waals surface area contributed by atoms with Crippen molar-refractivity contribution >= 4 is 0 Å². The summed E-state index contributed by atoms with van der Waals surface area (Å²) in [6.07, 6.45) is 1.21. The van der Waals surface area contributed by atoms with E-state index < -0.39 is 0 Å². The number of hydrogen-bond donors (Lipinski definition) is 2. The molecule has 11 heavy (non-hydrogen) atoms.